The van der Waals surface area contributed by atoms with Crippen LogP contribution >= 0.6 is 15.9 Å². The summed E-state index contributed by atoms with van der Waals surface area (Å²) in [4.78, 5) is 11.3. The van der Waals surface area contributed by atoms with Crippen LogP contribution in [0.5, 0.6) is 17.2 Å². The van der Waals surface area contributed by atoms with E-state index in [2.05, 4.69) is 35.9 Å². The SMILES string of the molecule is COCO[C@@H](/C(C)=C/[C@H](C)[C@@H](OCc1ccccc1)[C@H](C[C@H](C)Cc1c(OC(C)C)c(Br)cc(OC(C)C)c1OC)OC)[C@H](/C=C\C=C(/C)C(=O)O)OC. The maximum Gasteiger partial charge on any atom is 0.331 e. The van der Waals surface area contributed by atoms with Crippen LogP contribution in [-0.2, 0) is 41.5 Å². The minimum absolute atomic E-state index is 0.0412. The van der Waals surface area contributed by atoms with Gasteiger partial charge >= 0.3 is 5.97 Å². The van der Waals surface area contributed by atoms with E-state index >= 15 is 0 Å². The monoisotopic (exact) mass is 818 g/mol. The second-order valence-corrected chi connectivity index (χ2v) is 15.0. The van der Waals surface area contributed by atoms with Crippen LogP contribution in [-0.4, -0.2) is 82.9 Å². The summed E-state index contributed by atoms with van der Waals surface area (Å²) in [5.74, 6) is 1.05. The molecule has 0 heterocycles. The molecule has 0 aliphatic heterocycles. The van der Waals surface area contributed by atoms with Crippen molar-refractivity contribution in [3.8, 4) is 17.2 Å². The Kier molecular flexibility index (Phi) is 21.2. The molecule has 10 nitrogen and oxygen atoms in total. The van der Waals surface area contributed by atoms with Crippen molar-refractivity contribution in [2.45, 2.75) is 111 Å². The molecule has 0 saturated heterocycles. The Balaban J connectivity index is 2.53. The van der Waals surface area contributed by atoms with Crippen LogP contribution in [0.15, 0.2) is 76.3 Å². The number of hydrogen-bond donors (Lipinski definition) is 1. The van der Waals surface area contributed by atoms with Crippen LogP contribution in [0.1, 0.15) is 72.9 Å². The highest BCUT2D eigenvalue weighted by Crippen LogP contribution is 2.45. The lowest BCUT2D eigenvalue weighted by molar-refractivity contribution is -0.132. The first-order valence-corrected chi connectivity index (χ1v) is 19.3. The predicted octanol–water partition coefficient (Wildman–Crippen LogP) is 9.37. The van der Waals surface area contributed by atoms with E-state index in [1.807, 2.05) is 71.0 Å². The summed E-state index contributed by atoms with van der Waals surface area (Å²) >= 11 is 3.74. The molecule has 11 heteroatoms. The molecule has 302 valence electrons. The van der Waals surface area contributed by atoms with E-state index in [0.717, 1.165) is 26.9 Å². The standard InChI is InChI=1S/C43H63BrO10/c1-27(2)53-38-24-35(44)41(54-28(3)4)34(42(38)50-12)21-29(5)22-37(49-11)40(51-25-33-18-14-13-15-19-33)32(8)23-31(7)39(52-26-47-9)36(48-10)20-16-17-30(6)43(45)46/h13-20,23-24,27-29,32,36-37,39-40H,21-22,25-26H2,1-12H3,(H,45,46)/b20-16-,30-17+,31-23+/t29-,32+,36+,37+,39+,40-/m1/s1. The van der Waals surface area contributed by atoms with Crippen LogP contribution < -0.4 is 14.2 Å². The molecular weight excluding hydrogens is 756 g/mol. The molecule has 0 fully saturated rings. The maximum absolute atomic E-state index is 11.3. The van der Waals surface area contributed by atoms with Gasteiger partial charge in [0.05, 0.1) is 42.6 Å². The van der Waals surface area contributed by atoms with Crippen molar-refractivity contribution in [1.29, 1.82) is 0 Å². The van der Waals surface area contributed by atoms with Crippen molar-refractivity contribution in [1.82, 2.24) is 0 Å². The first kappa shape index (κ1) is 47.0. The molecule has 1 N–H and O–H groups in total. The van der Waals surface area contributed by atoms with Crippen molar-refractivity contribution in [2.75, 3.05) is 35.2 Å². The molecule has 2 rings (SSSR count). The molecule has 0 aliphatic rings. The van der Waals surface area contributed by atoms with E-state index < -0.39 is 18.2 Å². The highest BCUT2D eigenvalue weighted by molar-refractivity contribution is 9.10. The van der Waals surface area contributed by atoms with Gasteiger partial charge in [-0.15, -0.1) is 0 Å². The molecule has 0 amide bonds. The number of carboxylic acids is 1. The van der Waals surface area contributed by atoms with Gasteiger partial charge in [-0.25, -0.2) is 4.79 Å². The van der Waals surface area contributed by atoms with Crippen molar-refractivity contribution >= 4 is 21.9 Å². The molecule has 0 radical (unpaired) electrons. The van der Waals surface area contributed by atoms with Crippen LogP contribution in [0.2, 0.25) is 0 Å². The summed E-state index contributed by atoms with van der Waals surface area (Å²) in [7, 11) is 6.54. The smallest absolute Gasteiger partial charge is 0.331 e. The molecule has 6 atom stereocenters. The number of methoxy groups -OCH3 is 4. The Morgan fingerprint density at radius 2 is 1.56 bits per heavy atom. The van der Waals surface area contributed by atoms with Gasteiger partial charge in [0.1, 0.15) is 24.8 Å². The fraction of sp³-hybridized carbons (Fsp3) is 0.558. The molecule has 2 aromatic carbocycles. The van der Waals surface area contributed by atoms with Gasteiger partial charge in [0.2, 0.25) is 0 Å². The Labute approximate surface area is 331 Å². The Morgan fingerprint density at radius 3 is 2.11 bits per heavy atom. The minimum atomic E-state index is -0.987. The van der Waals surface area contributed by atoms with E-state index in [9.17, 15) is 9.90 Å². The average molecular weight is 820 g/mol. The van der Waals surface area contributed by atoms with Crippen molar-refractivity contribution in [2.24, 2.45) is 11.8 Å². The molecule has 0 saturated carbocycles. The zero-order valence-corrected chi connectivity index (χ0v) is 35.8. The van der Waals surface area contributed by atoms with Gasteiger partial charge in [0, 0.05) is 44.5 Å². The largest absolute Gasteiger partial charge is 0.492 e. The van der Waals surface area contributed by atoms with E-state index in [1.54, 1.807) is 40.6 Å². The number of carboxylic acid groups (broad SMARTS) is 1. The van der Waals surface area contributed by atoms with Gasteiger partial charge in [-0.3, -0.25) is 0 Å². The van der Waals surface area contributed by atoms with Gasteiger partial charge in [0.25, 0.3) is 0 Å². The minimum Gasteiger partial charge on any atom is -0.492 e. The van der Waals surface area contributed by atoms with Gasteiger partial charge in [0.15, 0.2) is 11.5 Å². The number of aliphatic carboxylic acids is 1. The van der Waals surface area contributed by atoms with Crippen LogP contribution in [0.3, 0.4) is 0 Å². The lowest BCUT2D eigenvalue weighted by Crippen LogP contribution is -2.38. The van der Waals surface area contributed by atoms with E-state index in [-0.39, 0.29) is 48.6 Å². The van der Waals surface area contributed by atoms with Gasteiger partial charge in [-0.2, -0.15) is 0 Å². The zero-order chi connectivity index (χ0) is 40.4. The first-order valence-electron chi connectivity index (χ1n) is 18.5. The van der Waals surface area contributed by atoms with Crippen molar-refractivity contribution < 1.29 is 47.8 Å². The third kappa shape index (κ3) is 15.2. The summed E-state index contributed by atoms with van der Waals surface area (Å²) in [6, 6.07) is 12.0. The molecule has 0 aromatic heterocycles. The third-order valence-corrected chi connectivity index (χ3v) is 9.31. The number of rotatable bonds is 25. The van der Waals surface area contributed by atoms with E-state index in [4.69, 9.17) is 37.9 Å². The highest BCUT2D eigenvalue weighted by Gasteiger charge is 2.32. The number of benzene rings is 2. The fourth-order valence-corrected chi connectivity index (χ4v) is 6.77. The zero-order valence-electron chi connectivity index (χ0n) is 34.2. The first-order chi connectivity index (χ1) is 25.7. The van der Waals surface area contributed by atoms with Crippen molar-refractivity contribution in [3.63, 3.8) is 0 Å². The number of carbonyl (C=O) groups is 1. The molecule has 2 aromatic rings. The summed E-state index contributed by atoms with van der Waals surface area (Å²) < 4.78 is 49.5. The number of hydrogen-bond acceptors (Lipinski definition) is 9. The molecule has 0 aliphatic carbocycles. The van der Waals surface area contributed by atoms with Gasteiger partial charge in [-0.1, -0.05) is 68.5 Å². The number of ether oxygens (including phenoxy) is 8. The van der Waals surface area contributed by atoms with Crippen LogP contribution in [0.25, 0.3) is 0 Å². The predicted molar refractivity (Wildman–Crippen MR) is 217 cm³/mol. The Morgan fingerprint density at radius 1 is 0.889 bits per heavy atom. The average Bonchev–Trinajstić information content (AvgIpc) is 3.11. The maximum atomic E-state index is 11.3. The van der Waals surface area contributed by atoms with Crippen molar-refractivity contribution in [3.05, 3.63) is 87.4 Å². The molecular formula is C43H63BrO10. The summed E-state index contributed by atoms with van der Waals surface area (Å²) in [5.41, 5.74) is 3.09. The molecule has 54 heavy (non-hydrogen) atoms. The molecule has 0 bridgehead atoms. The fourth-order valence-electron chi connectivity index (χ4n) is 6.23. The summed E-state index contributed by atoms with van der Waals surface area (Å²) in [6.45, 7) is 16.3. The van der Waals surface area contributed by atoms with Crippen LogP contribution in [0, 0.1) is 11.8 Å². The molecule has 0 spiro atoms. The third-order valence-electron chi connectivity index (χ3n) is 8.72. The van der Waals surface area contributed by atoms with Gasteiger partial charge in [-0.05, 0) is 87.4 Å². The number of halogens is 1. The second-order valence-electron chi connectivity index (χ2n) is 14.1. The number of allylic oxidation sites excluding steroid dienone is 2. The topological polar surface area (TPSA) is 111 Å². The highest BCUT2D eigenvalue weighted by atomic mass is 79.9. The summed E-state index contributed by atoms with van der Waals surface area (Å²) in [6.07, 6.45) is 6.65. The lowest BCUT2D eigenvalue weighted by atomic mass is 9.87. The van der Waals surface area contributed by atoms with E-state index in [1.165, 1.54) is 13.0 Å². The second kappa shape index (κ2) is 24.3. The lowest BCUT2D eigenvalue weighted by Gasteiger charge is -2.33. The van der Waals surface area contributed by atoms with Crippen LogP contribution in [0.4, 0.5) is 0 Å². The molecule has 0 unspecified atom stereocenters. The Hall–Kier alpha value is -3.19. The van der Waals surface area contributed by atoms with E-state index in [0.29, 0.717) is 30.9 Å². The Bertz CT molecular complexity index is 1500. The quantitative estimate of drug-likeness (QED) is 0.0451. The normalized spacial score (nSPS) is 16.0. The van der Waals surface area contributed by atoms with Gasteiger partial charge < -0.3 is 43.0 Å². The summed E-state index contributed by atoms with van der Waals surface area (Å²) in [5, 5.41) is 9.27.